The fourth-order valence-corrected chi connectivity index (χ4v) is 2.31. The second kappa shape index (κ2) is 4.41. The minimum Gasteiger partial charge on any atom is -0.347 e. The maximum atomic E-state index is 13.7. The van der Waals surface area contributed by atoms with Crippen LogP contribution in [0.1, 0.15) is 37.0 Å². The van der Waals surface area contributed by atoms with Crippen LogP contribution in [0.15, 0.2) is 22.7 Å². The van der Waals surface area contributed by atoms with E-state index in [1.54, 1.807) is 12.1 Å². The van der Waals surface area contributed by atoms with Gasteiger partial charge in [-0.05, 0) is 60.7 Å². The van der Waals surface area contributed by atoms with Crippen LogP contribution in [0.25, 0.3) is 0 Å². The highest BCUT2D eigenvalue weighted by Gasteiger charge is 2.39. The van der Waals surface area contributed by atoms with E-state index < -0.39 is 5.82 Å². The van der Waals surface area contributed by atoms with Crippen LogP contribution >= 0.6 is 15.9 Å². The Hall–Kier alpha value is -0.900. The van der Waals surface area contributed by atoms with E-state index in [2.05, 4.69) is 21.2 Å². The Morgan fingerprint density at radius 2 is 2.12 bits per heavy atom. The van der Waals surface area contributed by atoms with E-state index in [0.29, 0.717) is 10.4 Å². The number of amides is 1. The number of carbonyl (C=O) groups excluding carboxylic acids is 1. The molecule has 1 fully saturated rings. The number of rotatable bonds is 3. The predicted molar refractivity (Wildman–Crippen MR) is 68.4 cm³/mol. The number of hydrogen-bond donors (Lipinski definition) is 1. The van der Waals surface area contributed by atoms with Crippen LogP contribution in [-0.2, 0) is 0 Å². The molecule has 0 aromatic heterocycles. The largest absolute Gasteiger partial charge is 0.347 e. The van der Waals surface area contributed by atoms with Gasteiger partial charge >= 0.3 is 0 Å². The van der Waals surface area contributed by atoms with E-state index in [1.807, 2.05) is 13.8 Å². The minimum atomic E-state index is -0.503. The molecule has 0 atom stereocenters. The van der Waals surface area contributed by atoms with Crippen molar-refractivity contribution in [3.05, 3.63) is 34.1 Å². The molecule has 2 nitrogen and oxygen atoms in total. The van der Waals surface area contributed by atoms with Gasteiger partial charge in [0.1, 0.15) is 5.82 Å². The Kier molecular flexibility index (Phi) is 3.25. The van der Waals surface area contributed by atoms with Gasteiger partial charge in [0.2, 0.25) is 0 Å². The van der Waals surface area contributed by atoms with Crippen molar-refractivity contribution in [1.29, 1.82) is 0 Å². The zero-order chi connectivity index (χ0) is 12.6. The van der Waals surface area contributed by atoms with Gasteiger partial charge in [-0.15, -0.1) is 0 Å². The average Bonchev–Trinajstić information content (AvgIpc) is 3.04. The molecule has 1 aliphatic carbocycles. The third-order valence-corrected chi connectivity index (χ3v) is 3.84. The molecule has 0 bridgehead atoms. The Morgan fingerprint density at radius 3 is 2.71 bits per heavy atom. The van der Waals surface area contributed by atoms with Gasteiger partial charge in [-0.3, -0.25) is 4.79 Å². The standard InChI is InChI=1S/C13H15BrFNO/c1-13(2,8-6-7-8)16-12(17)9-4-3-5-10(14)11(9)15/h3-5,8H,6-7H2,1-2H3,(H,16,17). The van der Waals surface area contributed by atoms with E-state index in [4.69, 9.17) is 0 Å². The van der Waals surface area contributed by atoms with Crippen LogP contribution in [0, 0.1) is 11.7 Å². The molecule has 0 unspecified atom stereocenters. The van der Waals surface area contributed by atoms with Crippen molar-refractivity contribution in [2.45, 2.75) is 32.2 Å². The average molecular weight is 300 g/mol. The molecular weight excluding hydrogens is 285 g/mol. The SMILES string of the molecule is CC(C)(NC(=O)c1cccc(Br)c1F)C1CC1. The molecule has 0 saturated heterocycles. The Labute approximate surface area is 109 Å². The number of halogens is 2. The molecule has 1 N–H and O–H groups in total. The minimum absolute atomic E-state index is 0.0908. The Balaban J connectivity index is 2.17. The molecule has 0 heterocycles. The van der Waals surface area contributed by atoms with Crippen molar-refractivity contribution < 1.29 is 9.18 Å². The predicted octanol–water partition coefficient (Wildman–Crippen LogP) is 3.51. The molecular formula is C13H15BrFNO. The smallest absolute Gasteiger partial charge is 0.254 e. The molecule has 0 spiro atoms. The normalized spacial score (nSPS) is 15.8. The first-order valence-electron chi connectivity index (χ1n) is 5.68. The molecule has 1 aromatic rings. The third-order valence-electron chi connectivity index (χ3n) is 3.23. The summed E-state index contributed by atoms with van der Waals surface area (Å²) >= 11 is 3.08. The first kappa shape index (κ1) is 12.6. The van der Waals surface area contributed by atoms with Crippen molar-refractivity contribution in [1.82, 2.24) is 5.32 Å². The van der Waals surface area contributed by atoms with Crippen molar-refractivity contribution in [3.63, 3.8) is 0 Å². The summed E-state index contributed by atoms with van der Waals surface area (Å²) in [6.07, 6.45) is 2.27. The Morgan fingerprint density at radius 1 is 1.47 bits per heavy atom. The maximum Gasteiger partial charge on any atom is 0.254 e. The molecule has 1 aliphatic rings. The maximum absolute atomic E-state index is 13.7. The molecule has 4 heteroatoms. The van der Waals surface area contributed by atoms with Gasteiger partial charge in [-0.2, -0.15) is 0 Å². The molecule has 1 saturated carbocycles. The molecule has 0 radical (unpaired) electrons. The molecule has 1 amide bonds. The summed E-state index contributed by atoms with van der Waals surface area (Å²) in [6, 6.07) is 4.74. The first-order valence-corrected chi connectivity index (χ1v) is 6.47. The van der Waals surface area contributed by atoms with Gasteiger partial charge in [0.05, 0.1) is 10.0 Å². The molecule has 0 aliphatic heterocycles. The summed E-state index contributed by atoms with van der Waals surface area (Å²) in [5.41, 5.74) is -0.167. The van der Waals surface area contributed by atoms with Gasteiger partial charge in [0, 0.05) is 5.54 Å². The number of nitrogens with one attached hydrogen (secondary N) is 1. The summed E-state index contributed by atoms with van der Waals surface area (Å²) in [5.74, 6) is -0.334. The second-order valence-corrected chi connectivity index (χ2v) is 5.91. The summed E-state index contributed by atoms with van der Waals surface area (Å²) in [6.45, 7) is 3.97. The lowest BCUT2D eigenvalue weighted by atomic mass is 9.98. The van der Waals surface area contributed by atoms with Gasteiger partial charge in [-0.1, -0.05) is 6.07 Å². The van der Waals surface area contributed by atoms with Gasteiger partial charge in [0.25, 0.3) is 5.91 Å². The highest BCUT2D eigenvalue weighted by atomic mass is 79.9. The highest BCUT2D eigenvalue weighted by Crippen LogP contribution is 2.39. The van der Waals surface area contributed by atoms with Crippen molar-refractivity contribution >= 4 is 21.8 Å². The van der Waals surface area contributed by atoms with Gasteiger partial charge in [0.15, 0.2) is 0 Å². The molecule has 17 heavy (non-hydrogen) atoms. The van der Waals surface area contributed by atoms with Crippen LogP contribution < -0.4 is 5.32 Å². The summed E-state index contributed by atoms with van der Waals surface area (Å²) in [4.78, 5) is 12.0. The van der Waals surface area contributed by atoms with Crippen LogP contribution in [-0.4, -0.2) is 11.4 Å². The van der Waals surface area contributed by atoms with Crippen LogP contribution in [0.4, 0.5) is 4.39 Å². The highest BCUT2D eigenvalue weighted by molar-refractivity contribution is 9.10. The molecule has 1 aromatic carbocycles. The van der Waals surface area contributed by atoms with E-state index in [-0.39, 0.29) is 17.0 Å². The lowest BCUT2D eigenvalue weighted by Crippen LogP contribution is -2.45. The topological polar surface area (TPSA) is 29.1 Å². The zero-order valence-corrected chi connectivity index (χ0v) is 11.5. The van der Waals surface area contributed by atoms with Crippen molar-refractivity contribution in [2.24, 2.45) is 5.92 Å². The summed E-state index contributed by atoms with van der Waals surface area (Å²) in [5, 5.41) is 2.90. The number of benzene rings is 1. The molecule has 2 rings (SSSR count). The lowest BCUT2D eigenvalue weighted by Gasteiger charge is -2.26. The van der Waals surface area contributed by atoms with E-state index in [0.717, 1.165) is 12.8 Å². The monoisotopic (exact) mass is 299 g/mol. The van der Waals surface area contributed by atoms with Crippen molar-refractivity contribution in [3.8, 4) is 0 Å². The Bertz CT molecular complexity index is 455. The fraction of sp³-hybridized carbons (Fsp3) is 0.462. The zero-order valence-electron chi connectivity index (χ0n) is 9.89. The van der Waals surface area contributed by atoms with Crippen LogP contribution in [0.5, 0.6) is 0 Å². The number of hydrogen-bond acceptors (Lipinski definition) is 1. The quantitative estimate of drug-likeness (QED) is 0.909. The van der Waals surface area contributed by atoms with Crippen LogP contribution in [0.3, 0.4) is 0 Å². The lowest BCUT2D eigenvalue weighted by molar-refractivity contribution is 0.0899. The van der Waals surface area contributed by atoms with E-state index in [1.165, 1.54) is 6.07 Å². The second-order valence-electron chi connectivity index (χ2n) is 5.05. The third kappa shape index (κ3) is 2.68. The number of carbonyl (C=O) groups is 1. The van der Waals surface area contributed by atoms with E-state index in [9.17, 15) is 9.18 Å². The fourth-order valence-electron chi connectivity index (χ4n) is 1.95. The summed E-state index contributed by atoms with van der Waals surface area (Å²) < 4.78 is 14.1. The van der Waals surface area contributed by atoms with Gasteiger partial charge < -0.3 is 5.32 Å². The first-order chi connectivity index (χ1) is 7.92. The van der Waals surface area contributed by atoms with Crippen LogP contribution in [0.2, 0.25) is 0 Å². The molecule has 92 valence electrons. The van der Waals surface area contributed by atoms with E-state index >= 15 is 0 Å². The van der Waals surface area contributed by atoms with Crippen molar-refractivity contribution in [2.75, 3.05) is 0 Å². The van der Waals surface area contributed by atoms with Gasteiger partial charge in [-0.25, -0.2) is 4.39 Å². The summed E-state index contributed by atoms with van der Waals surface area (Å²) in [7, 11) is 0.